The van der Waals surface area contributed by atoms with E-state index in [1.54, 1.807) is 0 Å². The molecule has 1 N–H and O–H groups in total. The minimum atomic E-state index is 0.133. The van der Waals surface area contributed by atoms with Gasteiger partial charge in [-0.25, -0.2) is 9.50 Å². The van der Waals surface area contributed by atoms with Gasteiger partial charge in [-0.3, -0.25) is 14.7 Å². The van der Waals surface area contributed by atoms with Crippen molar-refractivity contribution in [2.45, 2.75) is 71.9 Å². The predicted octanol–water partition coefficient (Wildman–Crippen LogP) is 3.85. The number of aryl methyl sites for hydroxylation is 3. The molecule has 2 fully saturated rings. The number of amides is 1. The molecule has 5 rings (SSSR count). The van der Waals surface area contributed by atoms with Crippen LogP contribution in [-0.4, -0.2) is 43.5 Å². The van der Waals surface area contributed by atoms with Crippen molar-refractivity contribution in [2.24, 2.45) is 5.92 Å². The number of aromatic nitrogens is 4. The third kappa shape index (κ3) is 4.93. The standard InChI is InChI=1S/C26H34N6O/c1-17-6-4-7-21(28-17)16-31-13-5-8-24(31)23-14-25-29-18(2)22(19(3)32(25)30-23)11-12-26(33)27-15-20-9-10-20/h4,6-7,14,20,24H,5,8-13,15-16H2,1-3H3,(H,27,33)/t24-/m0/s1. The molecule has 33 heavy (non-hydrogen) atoms. The highest BCUT2D eigenvalue weighted by Gasteiger charge is 2.29. The van der Waals surface area contributed by atoms with E-state index >= 15 is 0 Å². The molecule has 2 aliphatic rings. The maximum Gasteiger partial charge on any atom is 0.220 e. The smallest absolute Gasteiger partial charge is 0.220 e. The summed E-state index contributed by atoms with van der Waals surface area (Å²) in [6, 6.07) is 8.65. The Morgan fingerprint density at radius 2 is 2.00 bits per heavy atom. The highest BCUT2D eigenvalue weighted by molar-refractivity contribution is 5.76. The molecule has 0 radical (unpaired) electrons. The van der Waals surface area contributed by atoms with Crippen LogP contribution in [0, 0.1) is 26.7 Å². The summed E-state index contributed by atoms with van der Waals surface area (Å²) in [5, 5.41) is 8.06. The molecular formula is C26H34N6O. The lowest BCUT2D eigenvalue weighted by molar-refractivity contribution is -0.121. The zero-order valence-corrected chi connectivity index (χ0v) is 20.0. The molecule has 1 aliphatic heterocycles. The van der Waals surface area contributed by atoms with Gasteiger partial charge in [0.15, 0.2) is 5.65 Å². The van der Waals surface area contributed by atoms with Crippen LogP contribution in [0.2, 0.25) is 0 Å². The van der Waals surface area contributed by atoms with Crippen LogP contribution in [0.4, 0.5) is 0 Å². The number of fused-ring (bicyclic) bond motifs is 1. The first kappa shape index (κ1) is 22.0. The lowest BCUT2D eigenvalue weighted by Crippen LogP contribution is -2.26. The fourth-order valence-electron chi connectivity index (χ4n) is 5.02. The molecule has 1 saturated heterocycles. The predicted molar refractivity (Wildman–Crippen MR) is 128 cm³/mol. The topological polar surface area (TPSA) is 75.4 Å². The third-order valence-corrected chi connectivity index (χ3v) is 7.09. The van der Waals surface area contributed by atoms with Gasteiger partial charge in [-0.05, 0) is 83.0 Å². The molecule has 0 unspecified atom stereocenters. The summed E-state index contributed by atoms with van der Waals surface area (Å²) in [4.78, 5) is 24.3. The van der Waals surface area contributed by atoms with Crippen molar-refractivity contribution in [1.82, 2.24) is 29.8 Å². The van der Waals surface area contributed by atoms with E-state index < -0.39 is 0 Å². The molecule has 4 heterocycles. The largest absolute Gasteiger partial charge is 0.356 e. The third-order valence-electron chi connectivity index (χ3n) is 7.09. The SMILES string of the molecule is Cc1cccc(CN2CCC[C@H]2c2cc3nc(C)c(CCC(=O)NCC4CC4)c(C)n3n2)n1. The van der Waals surface area contributed by atoms with Crippen molar-refractivity contribution < 1.29 is 4.79 Å². The summed E-state index contributed by atoms with van der Waals surface area (Å²) in [7, 11) is 0. The number of carbonyl (C=O) groups excluding carboxylic acids is 1. The summed E-state index contributed by atoms with van der Waals surface area (Å²) in [5.74, 6) is 0.836. The summed E-state index contributed by atoms with van der Waals surface area (Å²) in [5.41, 5.74) is 7.35. The maximum absolute atomic E-state index is 12.3. The Balaban J connectivity index is 1.33. The molecule has 1 aliphatic carbocycles. The van der Waals surface area contributed by atoms with Crippen LogP contribution in [0.25, 0.3) is 5.65 Å². The van der Waals surface area contributed by atoms with Crippen molar-refractivity contribution in [3.63, 3.8) is 0 Å². The van der Waals surface area contributed by atoms with Gasteiger partial charge >= 0.3 is 0 Å². The number of likely N-dealkylation sites (tertiary alicyclic amines) is 1. The highest BCUT2D eigenvalue weighted by Crippen LogP contribution is 2.33. The average molecular weight is 447 g/mol. The van der Waals surface area contributed by atoms with Gasteiger partial charge in [-0.15, -0.1) is 0 Å². The molecule has 7 nitrogen and oxygen atoms in total. The molecule has 3 aromatic heterocycles. The van der Waals surface area contributed by atoms with E-state index in [1.165, 1.54) is 12.8 Å². The minimum absolute atomic E-state index is 0.133. The van der Waals surface area contributed by atoms with Crippen LogP contribution in [0.5, 0.6) is 0 Å². The van der Waals surface area contributed by atoms with Gasteiger partial charge in [0.25, 0.3) is 0 Å². The monoisotopic (exact) mass is 446 g/mol. The summed E-state index contributed by atoms with van der Waals surface area (Å²) < 4.78 is 1.97. The first-order valence-electron chi connectivity index (χ1n) is 12.3. The first-order valence-corrected chi connectivity index (χ1v) is 12.3. The molecule has 0 bridgehead atoms. The Kier molecular flexibility index (Phi) is 6.15. The van der Waals surface area contributed by atoms with E-state index in [0.29, 0.717) is 18.8 Å². The quantitative estimate of drug-likeness (QED) is 0.569. The maximum atomic E-state index is 12.3. The van der Waals surface area contributed by atoms with Crippen molar-refractivity contribution in [3.05, 3.63) is 58.3 Å². The van der Waals surface area contributed by atoms with Gasteiger partial charge < -0.3 is 5.32 Å². The van der Waals surface area contributed by atoms with E-state index in [2.05, 4.69) is 35.3 Å². The zero-order chi connectivity index (χ0) is 22.9. The van der Waals surface area contributed by atoms with Crippen LogP contribution < -0.4 is 5.32 Å². The fourth-order valence-corrected chi connectivity index (χ4v) is 5.02. The van der Waals surface area contributed by atoms with E-state index in [0.717, 1.165) is 72.2 Å². The Morgan fingerprint density at radius 1 is 1.15 bits per heavy atom. The normalized spacial score (nSPS) is 18.8. The van der Waals surface area contributed by atoms with Gasteiger partial charge in [-0.1, -0.05) is 6.07 Å². The van der Waals surface area contributed by atoms with E-state index in [-0.39, 0.29) is 11.9 Å². The summed E-state index contributed by atoms with van der Waals surface area (Å²) >= 11 is 0. The van der Waals surface area contributed by atoms with E-state index in [1.807, 2.05) is 24.4 Å². The molecule has 1 saturated carbocycles. The first-order chi connectivity index (χ1) is 16.0. The molecule has 1 amide bonds. The molecule has 3 aromatic rings. The van der Waals surface area contributed by atoms with Gasteiger partial charge in [0.2, 0.25) is 5.91 Å². The number of carbonyl (C=O) groups is 1. The number of nitrogens with one attached hydrogen (secondary N) is 1. The van der Waals surface area contributed by atoms with Crippen molar-refractivity contribution in [2.75, 3.05) is 13.1 Å². The number of hydrogen-bond donors (Lipinski definition) is 1. The molecular weight excluding hydrogens is 412 g/mol. The van der Waals surface area contributed by atoms with Gasteiger partial charge in [0.05, 0.1) is 17.4 Å². The average Bonchev–Trinajstić information content (AvgIpc) is 3.34. The summed E-state index contributed by atoms with van der Waals surface area (Å²) in [6.45, 7) is 8.90. The molecule has 0 aromatic carbocycles. The van der Waals surface area contributed by atoms with Crippen LogP contribution >= 0.6 is 0 Å². The Hall–Kier alpha value is -2.80. The van der Waals surface area contributed by atoms with Crippen LogP contribution in [0.1, 0.15) is 72.2 Å². The van der Waals surface area contributed by atoms with E-state index in [9.17, 15) is 4.79 Å². The Labute approximate surface area is 195 Å². The van der Waals surface area contributed by atoms with Crippen molar-refractivity contribution >= 4 is 11.6 Å². The van der Waals surface area contributed by atoms with E-state index in [4.69, 9.17) is 15.1 Å². The van der Waals surface area contributed by atoms with Gasteiger partial charge in [0, 0.05) is 42.7 Å². The second kappa shape index (κ2) is 9.21. The molecule has 174 valence electrons. The van der Waals surface area contributed by atoms with Crippen LogP contribution in [0.15, 0.2) is 24.3 Å². The lowest BCUT2D eigenvalue weighted by Gasteiger charge is -2.22. The second-order valence-corrected chi connectivity index (χ2v) is 9.75. The van der Waals surface area contributed by atoms with Crippen molar-refractivity contribution in [1.29, 1.82) is 0 Å². The van der Waals surface area contributed by atoms with Gasteiger partial charge in [-0.2, -0.15) is 5.10 Å². The fraction of sp³-hybridized carbons (Fsp3) is 0.538. The second-order valence-electron chi connectivity index (χ2n) is 9.75. The van der Waals surface area contributed by atoms with Gasteiger partial charge in [0.1, 0.15) is 0 Å². The van der Waals surface area contributed by atoms with Crippen molar-refractivity contribution in [3.8, 4) is 0 Å². The minimum Gasteiger partial charge on any atom is -0.356 e. The highest BCUT2D eigenvalue weighted by atomic mass is 16.1. The summed E-state index contributed by atoms with van der Waals surface area (Å²) in [6.07, 6.45) is 5.95. The molecule has 7 heteroatoms. The number of pyridine rings is 1. The Bertz CT molecular complexity index is 1170. The molecule has 1 atom stereocenters. The van der Waals surface area contributed by atoms with Crippen LogP contribution in [0.3, 0.4) is 0 Å². The molecule has 0 spiro atoms. The number of hydrogen-bond acceptors (Lipinski definition) is 5. The lowest BCUT2D eigenvalue weighted by atomic mass is 10.1. The number of nitrogens with zero attached hydrogens (tertiary/aromatic N) is 5. The van der Waals surface area contributed by atoms with Crippen LogP contribution in [-0.2, 0) is 17.8 Å². The Morgan fingerprint density at radius 3 is 2.79 bits per heavy atom. The zero-order valence-electron chi connectivity index (χ0n) is 20.0. The number of rotatable bonds is 8.